The van der Waals surface area contributed by atoms with Gasteiger partial charge < -0.3 is 15.2 Å². The summed E-state index contributed by atoms with van der Waals surface area (Å²) < 4.78 is 10.6. The van der Waals surface area contributed by atoms with Gasteiger partial charge in [0.1, 0.15) is 0 Å². The second kappa shape index (κ2) is 5.61. The molecule has 0 bridgehead atoms. The molecule has 1 fully saturated rings. The van der Waals surface area contributed by atoms with E-state index in [9.17, 15) is 0 Å². The predicted octanol–water partition coefficient (Wildman–Crippen LogP) is 2.51. The van der Waals surface area contributed by atoms with Gasteiger partial charge >= 0.3 is 0 Å². The molecule has 17 heavy (non-hydrogen) atoms. The molecule has 96 valence electrons. The number of methoxy groups -OCH3 is 2. The van der Waals surface area contributed by atoms with Crippen LogP contribution in [0.1, 0.15) is 24.8 Å². The summed E-state index contributed by atoms with van der Waals surface area (Å²) in [5.41, 5.74) is 7.35. The third kappa shape index (κ3) is 2.35. The first kappa shape index (κ1) is 14.1. The van der Waals surface area contributed by atoms with Gasteiger partial charge in [0.15, 0.2) is 11.5 Å². The van der Waals surface area contributed by atoms with Crippen LogP contribution < -0.4 is 15.2 Å². The molecule has 0 unspecified atom stereocenters. The highest BCUT2D eigenvalue weighted by Crippen LogP contribution is 2.44. The smallest absolute Gasteiger partial charge is 0.161 e. The second-order valence-electron chi connectivity index (χ2n) is 4.41. The van der Waals surface area contributed by atoms with Crippen molar-refractivity contribution in [1.82, 2.24) is 0 Å². The molecule has 0 radical (unpaired) electrons. The van der Waals surface area contributed by atoms with Crippen molar-refractivity contribution >= 4 is 12.4 Å². The standard InChI is InChI=1S/C13H19NO2.ClH/c1-15-11-5-4-10(8-12(11)16-2)13(9-14)6-3-7-13;/h4-5,8H,3,6-7,9,14H2,1-2H3;1H. The Balaban J connectivity index is 0.00000144. The normalized spacial score (nSPS) is 16.6. The van der Waals surface area contributed by atoms with Crippen molar-refractivity contribution in [2.24, 2.45) is 5.73 Å². The molecule has 0 amide bonds. The van der Waals surface area contributed by atoms with Crippen molar-refractivity contribution < 1.29 is 9.47 Å². The van der Waals surface area contributed by atoms with E-state index >= 15 is 0 Å². The lowest BCUT2D eigenvalue weighted by Gasteiger charge is -2.41. The maximum Gasteiger partial charge on any atom is 0.161 e. The van der Waals surface area contributed by atoms with E-state index in [0.29, 0.717) is 6.54 Å². The van der Waals surface area contributed by atoms with Crippen LogP contribution in [0, 0.1) is 0 Å². The molecule has 1 saturated carbocycles. The van der Waals surface area contributed by atoms with Crippen molar-refractivity contribution in [3.63, 3.8) is 0 Å². The number of halogens is 1. The molecular weight excluding hydrogens is 238 g/mol. The zero-order chi connectivity index (χ0) is 11.6. The van der Waals surface area contributed by atoms with Gasteiger partial charge in [-0.05, 0) is 30.5 Å². The number of hydrogen-bond acceptors (Lipinski definition) is 3. The third-order valence-corrected chi connectivity index (χ3v) is 3.70. The molecule has 2 rings (SSSR count). The van der Waals surface area contributed by atoms with Crippen LogP contribution in [0.2, 0.25) is 0 Å². The largest absolute Gasteiger partial charge is 0.493 e. The molecular formula is C13H20ClNO2. The van der Waals surface area contributed by atoms with Crippen LogP contribution in [-0.2, 0) is 5.41 Å². The lowest BCUT2D eigenvalue weighted by Crippen LogP contribution is -2.41. The maximum absolute atomic E-state index is 5.89. The van der Waals surface area contributed by atoms with Crippen molar-refractivity contribution in [2.75, 3.05) is 20.8 Å². The molecule has 0 atom stereocenters. The van der Waals surface area contributed by atoms with Crippen LogP contribution in [-0.4, -0.2) is 20.8 Å². The molecule has 1 aromatic rings. The first-order chi connectivity index (χ1) is 7.75. The Labute approximate surface area is 109 Å². The zero-order valence-electron chi connectivity index (χ0n) is 10.4. The highest BCUT2D eigenvalue weighted by Gasteiger charge is 2.37. The summed E-state index contributed by atoms with van der Waals surface area (Å²) >= 11 is 0. The lowest BCUT2D eigenvalue weighted by molar-refractivity contribution is 0.251. The van der Waals surface area contributed by atoms with Crippen LogP contribution in [0.3, 0.4) is 0 Å². The minimum atomic E-state index is 0. The first-order valence-electron chi connectivity index (χ1n) is 5.68. The Kier molecular flexibility index (Phi) is 4.66. The van der Waals surface area contributed by atoms with E-state index in [4.69, 9.17) is 15.2 Å². The van der Waals surface area contributed by atoms with E-state index in [0.717, 1.165) is 11.5 Å². The van der Waals surface area contributed by atoms with Gasteiger partial charge in [-0.15, -0.1) is 12.4 Å². The predicted molar refractivity (Wildman–Crippen MR) is 71.4 cm³/mol. The van der Waals surface area contributed by atoms with Crippen LogP contribution in [0.5, 0.6) is 11.5 Å². The lowest BCUT2D eigenvalue weighted by atomic mass is 9.64. The summed E-state index contributed by atoms with van der Waals surface area (Å²) in [7, 11) is 3.32. The number of benzene rings is 1. The van der Waals surface area contributed by atoms with Gasteiger partial charge in [-0.25, -0.2) is 0 Å². The fraction of sp³-hybridized carbons (Fsp3) is 0.538. The first-order valence-corrected chi connectivity index (χ1v) is 5.68. The van der Waals surface area contributed by atoms with Crippen molar-refractivity contribution in [1.29, 1.82) is 0 Å². The third-order valence-electron chi connectivity index (χ3n) is 3.70. The Morgan fingerprint density at radius 2 is 1.82 bits per heavy atom. The Morgan fingerprint density at radius 1 is 1.18 bits per heavy atom. The molecule has 3 nitrogen and oxygen atoms in total. The van der Waals surface area contributed by atoms with Gasteiger partial charge in [-0.1, -0.05) is 12.5 Å². The zero-order valence-corrected chi connectivity index (χ0v) is 11.2. The van der Waals surface area contributed by atoms with E-state index in [1.165, 1.54) is 24.8 Å². The molecule has 1 aromatic carbocycles. The number of ether oxygens (including phenoxy) is 2. The summed E-state index contributed by atoms with van der Waals surface area (Å²) in [6.45, 7) is 0.711. The summed E-state index contributed by atoms with van der Waals surface area (Å²) in [5.74, 6) is 1.57. The second-order valence-corrected chi connectivity index (χ2v) is 4.41. The van der Waals surface area contributed by atoms with Crippen molar-refractivity contribution in [2.45, 2.75) is 24.7 Å². The minimum absolute atomic E-state index is 0. The van der Waals surface area contributed by atoms with Gasteiger partial charge in [0.2, 0.25) is 0 Å². The highest BCUT2D eigenvalue weighted by atomic mass is 35.5. The van der Waals surface area contributed by atoms with Crippen LogP contribution in [0.25, 0.3) is 0 Å². The Hall–Kier alpha value is -0.930. The maximum atomic E-state index is 5.89. The molecule has 1 aliphatic carbocycles. The average Bonchev–Trinajstić information content (AvgIpc) is 2.28. The monoisotopic (exact) mass is 257 g/mol. The Bertz CT molecular complexity index is 372. The fourth-order valence-electron chi connectivity index (χ4n) is 2.38. The van der Waals surface area contributed by atoms with Gasteiger partial charge in [0.25, 0.3) is 0 Å². The Morgan fingerprint density at radius 3 is 2.24 bits per heavy atom. The minimum Gasteiger partial charge on any atom is -0.493 e. The molecule has 4 heteroatoms. The molecule has 2 N–H and O–H groups in total. The van der Waals surface area contributed by atoms with E-state index in [1.807, 2.05) is 6.07 Å². The molecule has 0 heterocycles. The molecule has 0 saturated heterocycles. The van der Waals surface area contributed by atoms with Crippen LogP contribution in [0.4, 0.5) is 0 Å². The van der Waals surface area contributed by atoms with E-state index in [-0.39, 0.29) is 17.8 Å². The number of rotatable bonds is 4. The molecule has 0 spiro atoms. The molecule has 1 aliphatic rings. The topological polar surface area (TPSA) is 44.5 Å². The van der Waals surface area contributed by atoms with E-state index in [2.05, 4.69) is 12.1 Å². The van der Waals surface area contributed by atoms with Gasteiger partial charge in [-0.3, -0.25) is 0 Å². The number of nitrogens with two attached hydrogens (primary N) is 1. The van der Waals surface area contributed by atoms with Gasteiger partial charge in [0.05, 0.1) is 14.2 Å². The summed E-state index contributed by atoms with van der Waals surface area (Å²) in [6, 6.07) is 6.13. The van der Waals surface area contributed by atoms with Crippen molar-refractivity contribution in [3.05, 3.63) is 23.8 Å². The SMILES string of the molecule is COc1ccc(C2(CN)CCC2)cc1OC.Cl. The number of hydrogen-bond donors (Lipinski definition) is 1. The van der Waals surface area contributed by atoms with Crippen molar-refractivity contribution in [3.8, 4) is 11.5 Å². The quantitative estimate of drug-likeness (QED) is 0.902. The van der Waals surface area contributed by atoms with Crippen LogP contribution >= 0.6 is 12.4 Å². The van der Waals surface area contributed by atoms with Gasteiger partial charge in [0, 0.05) is 12.0 Å². The summed E-state index contributed by atoms with van der Waals surface area (Å²) in [4.78, 5) is 0. The van der Waals surface area contributed by atoms with Gasteiger partial charge in [-0.2, -0.15) is 0 Å². The van der Waals surface area contributed by atoms with Crippen LogP contribution in [0.15, 0.2) is 18.2 Å². The van der Waals surface area contributed by atoms with E-state index in [1.54, 1.807) is 14.2 Å². The average molecular weight is 258 g/mol. The van der Waals surface area contributed by atoms with E-state index < -0.39 is 0 Å². The molecule has 0 aliphatic heterocycles. The highest BCUT2D eigenvalue weighted by molar-refractivity contribution is 5.85. The fourth-order valence-corrected chi connectivity index (χ4v) is 2.38. The summed E-state index contributed by atoms with van der Waals surface area (Å²) in [6.07, 6.45) is 3.63. The summed E-state index contributed by atoms with van der Waals surface area (Å²) in [5, 5.41) is 0. The molecule has 0 aromatic heterocycles.